The van der Waals surface area contributed by atoms with E-state index < -0.39 is 5.60 Å². The number of rotatable bonds is 2. The molecule has 3 aliphatic heterocycles. The van der Waals surface area contributed by atoms with E-state index in [4.69, 9.17) is 9.72 Å². The fourth-order valence-electron chi connectivity index (χ4n) is 5.32. The van der Waals surface area contributed by atoms with Gasteiger partial charge in [0.05, 0.1) is 0 Å². The smallest absolute Gasteiger partial charge is 0.410 e. The summed E-state index contributed by atoms with van der Waals surface area (Å²) in [6.07, 6.45) is 2.78. The SMILES string of the molecule is C[C@H]1CN(C)CCCN1c1nc(C#N)cc(N2CCC3(CCN(C(=O)OC(C)(C)C)C3)C2)n1. The molecule has 0 bridgehead atoms. The van der Waals surface area contributed by atoms with Crippen molar-refractivity contribution in [3.63, 3.8) is 0 Å². The zero-order chi connectivity index (χ0) is 23.8. The third-order valence-corrected chi connectivity index (χ3v) is 6.97. The van der Waals surface area contributed by atoms with Crippen molar-refractivity contribution >= 4 is 17.9 Å². The predicted molar refractivity (Wildman–Crippen MR) is 127 cm³/mol. The minimum absolute atomic E-state index is 0.0490. The van der Waals surface area contributed by atoms with Gasteiger partial charge < -0.3 is 24.3 Å². The molecule has 1 unspecified atom stereocenters. The van der Waals surface area contributed by atoms with E-state index in [0.29, 0.717) is 18.2 Å². The van der Waals surface area contributed by atoms with E-state index in [1.807, 2.05) is 25.7 Å². The Morgan fingerprint density at radius 3 is 2.67 bits per heavy atom. The van der Waals surface area contributed by atoms with Gasteiger partial charge in [-0.25, -0.2) is 9.78 Å². The average molecular weight is 456 g/mol. The highest BCUT2D eigenvalue weighted by molar-refractivity contribution is 5.68. The molecule has 3 saturated heterocycles. The Bertz CT molecular complexity index is 924. The molecule has 9 nitrogen and oxygen atoms in total. The number of anilines is 2. The van der Waals surface area contributed by atoms with Crippen LogP contribution in [0.4, 0.5) is 16.6 Å². The Labute approximate surface area is 197 Å². The molecule has 4 heterocycles. The molecule has 0 N–H and O–H groups in total. The van der Waals surface area contributed by atoms with Crippen molar-refractivity contribution in [1.29, 1.82) is 5.26 Å². The zero-order valence-corrected chi connectivity index (χ0v) is 20.7. The standard InChI is InChI=1S/C24H37N7O2/c1-18-15-28(5)9-6-10-31(18)21-26-19(14-25)13-20(27-21)29-11-7-24(16-29)8-12-30(17-24)22(32)33-23(2,3)4/h13,18H,6-12,15-17H2,1-5H3/t18-,24?/m0/s1. The molecule has 9 heteroatoms. The van der Waals surface area contributed by atoms with Gasteiger partial charge in [-0.2, -0.15) is 10.2 Å². The van der Waals surface area contributed by atoms with Gasteiger partial charge in [0.25, 0.3) is 0 Å². The summed E-state index contributed by atoms with van der Waals surface area (Å²) in [5.74, 6) is 1.46. The first kappa shape index (κ1) is 23.6. The van der Waals surface area contributed by atoms with Gasteiger partial charge in [-0.3, -0.25) is 0 Å². The minimum Gasteiger partial charge on any atom is -0.444 e. The predicted octanol–water partition coefficient (Wildman–Crippen LogP) is 2.72. The summed E-state index contributed by atoms with van der Waals surface area (Å²) in [6.45, 7) is 13.9. The Morgan fingerprint density at radius 2 is 1.94 bits per heavy atom. The van der Waals surface area contributed by atoms with E-state index in [1.54, 1.807) is 6.07 Å². The first-order valence-electron chi connectivity index (χ1n) is 12.0. The fraction of sp³-hybridized carbons (Fsp3) is 0.750. The lowest BCUT2D eigenvalue weighted by Gasteiger charge is -2.29. The number of hydrogen-bond donors (Lipinski definition) is 0. The van der Waals surface area contributed by atoms with Gasteiger partial charge >= 0.3 is 6.09 Å². The number of carbonyl (C=O) groups is 1. The molecule has 3 fully saturated rings. The second-order valence-corrected chi connectivity index (χ2v) is 11.0. The number of nitrogens with zero attached hydrogens (tertiary/aromatic N) is 7. The van der Waals surface area contributed by atoms with Gasteiger partial charge in [-0.15, -0.1) is 0 Å². The molecule has 1 amide bonds. The van der Waals surface area contributed by atoms with E-state index in [-0.39, 0.29) is 17.6 Å². The first-order valence-corrected chi connectivity index (χ1v) is 12.0. The molecule has 1 spiro atoms. The molecule has 1 aromatic heterocycles. The lowest BCUT2D eigenvalue weighted by atomic mass is 9.86. The minimum atomic E-state index is -0.487. The molecule has 180 valence electrons. The molecule has 0 saturated carbocycles. The summed E-state index contributed by atoms with van der Waals surface area (Å²) in [4.78, 5) is 30.7. The number of hydrogen-bond acceptors (Lipinski definition) is 8. The van der Waals surface area contributed by atoms with Gasteiger partial charge in [-0.1, -0.05) is 0 Å². The van der Waals surface area contributed by atoms with E-state index >= 15 is 0 Å². The zero-order valence-electron chi connectivity index (χ0n) is 20.7. The van der Waals surface area contributed by atoms with Crippen molar-refractivity contribution in [2.24, 2.45) is 5.41 Å². The van der Waals surface area contributed by atoms with Crippen LogP contribution in [-0.2, 0) is 4.74 Å². The summed E-state index contributed by atoms with van der Waals surface area (Å²) >= 11 is 0. The van der Waals surface area contributed by atoms with Crippen LogP contribution in [0.5, 0.6) is 0 Å². The monoisotopic (exact) mass is 455 g/mol. The molecule has 0 aromatic carbocycles. The van der Waals surface area contributed by atoms with E-state index in [9.17, 15) is 10.1 Å². The second-order valence-electron chi connectivity index (χ2n) is 11.0. The highest BCUT2D eigenvalue weighted by atomic mass is 16.6. The number of nitriles is 1. The molecule has 4 rings (SSSR count). The van der Waals surface area contributed by atoms with Crippen molar-refractivity contribution in [1.82, 2.24) is 19.8 Å². The molecule has 3 aliphatic rings. The van der Waals surface area contributed by atoms with Gasteiger partial charge in [0.1, 0.15) is 23.2 Å². The van der Waals surface area contributed by atoms with Crippen LogP contribution in [0, 0.1) is 16.7 Å². The van der Waals surface area contributed by atoms with Crippen LogP contribution < -0.4 is 9.80 Å². The lowest BCUT2D eigenvalue weighted by molar-refractivity contribution is 0.0276. The van der Waals surface area contributed by atoms with Crippen LogP contribution in [0.2, 0.25) is 0 Å². The Kier molecular flexibility index (Phi) is 6.41. The van der Waals surface area contributed by atoms with Crippen molar-refractivity contribution in [3.05, 3.63) is 11.8 Å². The van der Waals surface area contributed by atoms with Crippen molar-refractivity contribution in [2.75, 3.05) is 62.7 Å². The summed E-state index contributed by atoms with van der Waals surface area (Å²) in [5, 5.41) is 9.64. The van der Waals surface area contributed by atoms with Gasteiger partial charge in [0.15, 0.2) is 0 Å². The number of aromatic nitrogens is 2. The molecule has 1 aromatic rings. The van der Waals surface area contributed by atoms with Crippen molar-refractivity contribution in [3.8, 4) is 6.07 Å². The summed E-state index contributed by atoms with van der Waals surface area (Å²) in [5.41, 5.74) is -0.0330. The van der Waals surface area contributed by atoms with Crippen LogP contribution in [0.15, 0.2) is 6.07 Å². The molecule has 0 radical (unpaired) electrons. The van der Waals surface area contributed by atoms with Gasteiger partial charge in [-0.05, 0) is 60.5 Å². The largest absolute Gasteiger partial charge is 0.444 e. The maximum Gasteiger partial charge on any atom is 0.410 e. The summed E-state index contributed by atoms with van der Waals surface area (Å²) in [7, 11) is 2.14. The van der Waals surface area contributed by atoms with Crippen molar-refractivity contribution < 1.29 is 9.53 Å². The number of likely N-dealkylation sites (N-methyl/N-ethyl adjacent to an activating group) is 1. The Hall–Kier alpha value is -2.60. The second kappa shape index (κ2) is 8.98. The van der Waals surface area contributed by atoms with E-state index in [2.05, 4.69) is 39.7 Å². The number of amides is 1. The topological polar surface area (TPSA) is 88.8 Å². The average Bonchev–Trinajstić information content (AvgIpc) is 3.32. The lowest BCUT2D eigenvalue weighted by Crippen LogP contribution is -2.39. The molecular formula is C24H37N7O2. The van der Waals surface area contributed by atoms with Gasteiger partial charge in [0, 0.05) is 56.8 Å². The van der Waals surface area contributed by atoms with Crippen LogP contribution in [0.3, 0.4) is 0 Å². The van der Waals surface area contributed by atoms with Crippen LogP contribution in [-0.4, -0.2) is 90.4 Å². The Morgan fingerprint density at radius 1 is 1.18 bits per heavy atom. The molecule has 2 atom stereocenters. The maximum absolute atomic E-state index is 12.6. The van der Waals surface area contributed by atoms with E-state index in [1.165, 1.54) is 0 Å². The quantitative estimate of drug-likeness (QED) is 0.673. The Balaban J connectivity index is 1.50. The number of likely N-dealkylation sites (tertiary alicyclic amines) is 1. The van der Waals surface area contributed by atoms with Crippen LogP contribution >= 0.6 is 0 Å². The number of ether oxygens (including phenoxy) is 1. The molecular weight excluding hydrogens is 418 g/mol. The summed E-state index contributed by atoms with van der Waals surface area (Å²) in [6, 6.07) is 4.31. The summed E-state index contributed by atoms with van der Waals surface area (Å²) < 4.78 is 5.58. The number of carbonyl (C=O) groups excluding carboxylic acids is 1. The van der Waals surface area contributed by atoms with E-state index in [0.717, 1.165) is 64.3 Å². The molecule has 33 heavy (non-hydrogen) atoms. The first-order chi connectivity index (χ1) is 15.6. The third kappa shape index (κ3) is 5.32. The normalized spacial score (nSPS) is 26.5. The van der Waals surface area contributed by atoms with Crippen LogP contribution in [0.25, 0.3) is 0 Å². The van der Waals surface area contributed by atoms with Crippen molar-refractivity contribution in [2.45, 2.75) is 58.6 Å². The van der Waals surface area contributed by atoms with Gasteiger partial charge in [0.2, 0.25) is 5.95 Å². The third-order valence-electron chi connectivity index (χ3n) is 6.97. The maximum atomic E-state index is 12.6. The highest BCUT2D eigenvalue weighted by Crippen LogP contribution is 2.41. The molecule has 0 aliphatic carbocycles. The fourth-order valence-corrected chi connectivity index (χ4v) is 5.32. The highest BCUT2D eigenvalue weighted by Gasteiger charge is 2.46. The van der Waals surface area contributed by atoms with Crippen LogP contribution in [0.1, 0.15) is 52.7 Å².